The average molecular weight is 307 g/mol. The number of para-hydroxylation sites is 2. The maximum atomic E-state index is 10.7. The van der Waals surface area contributed by atoms with Gasteiger partial charge in [0.15, 0.2) is 0 Å². The molecular weight excluding hydrogens is 298 g/mol. The first-order valence-electron chi connectivity index (χ1n) is 6.70. The Morgan fingerprint density at radius 1 is 1.04 bits per heavy atom. The van der Waals surface area contributed by atoms with E-state index in [9.17, 15) is 10.1 Å². The van der Waals surface area contributed by atoms with Gasteiger partial charge in [0.05, 0.1) is 21.6 Å². The van der Waals surface area contributed by atoms with Gasteiger partial charge in [0, 0.05) is 12.1 Å². The van der Waals surface area contributed by atoms with Gasteiger partial charge in [-0.3, -0.25) is 14.7 Å². The van der Waals surface area contributed by atoms with Crippen molar-refractivity contribution < 1.29 is 4.92 Å². The Morgan fingerprint density at radius 2 is 1.83 bits per heavy atom. The number of rotatable bonds is 3. The number of hydrogen-bond donors (Lipinski definition) is 0. The van der Waals surface area contributed by atoms with Gasteiger partial charge in [-0.25, -0.2) is 4.98 Å². The van der Waals surface area contributed by atoms with Crippen molar-refractivity contribution in [2.24, 2.45) is 0 Å². The van der Waals surface area contributed by atoms with Crippen molar-refractivity contribution in [1.82, 2.24) is 29.8 Å². The molecule has 4 rings (SSSR count). The number of fused-ring (bicyclic) bond motifs is 1. The lowest BCUT2D eigenvalue weighted by Gasteiger charge is -1.98. The molecule has 0 aliphatic carbocycles. The third kappa shape index (κ3) is 2.20. The molecule has 2 heterocycles. The summed E-state index contributed by atoms with van der Waals surface area (Å²) in [6, 6.07) is 13.5. The Bertz CT molecular complexity index is 1000. The van der Waals surface area contributed by atoms with Crippen LogP contribution >= 0.6 is 0 Å². The first-order chi connectivity index (χ1) is 11.2. The summed E-state index contributed by atoms with van der Waals surface area (Å²) in [5.41, 5.74) is 2.29. The van der Waals surface area contributed by atoms with E-state index >= 15 is 0 Å². The molecule has 0 radical (unpaired) electrons. The van der Waals surface area contributed by atoms with Gasteiger partial charge in [-0.1, -0.05) is 17.2 Å². The van der Waals surface area contributed by atoms with Crippen molar-refractivity contribution in [1.29, 1.82) is 0 Å². The molecule has 2 aromatic heterocycles. The zero-order valence-corrected chi connectivity index (χ0v) is 11.6. The van der Waals surface area contributed by atoms with E-state index < -0.39 is 4.92 Å². The number of nitro benzene ring substituents is 1. The van der Waals surface area contributed by atoms with Gasteiger partial charge in [0.1, 0.15) is 6.33 Å². The summed E-state index contributed by atoms with van der Waals surface area (Å²) in [4.78, 5) is 15.8. The van der Waals surface area contributed by atoms with Gasteiger partial charge < -0.3 is 0 Å². The number of tetrazole rings is 1. The number of benzene rings is 2. The molecule has 0 atom stereocenters. The van der Waals surface area contributed by atoms with Crippen molar-refractivity contribution in [2.75, 3.05) is 0 Å². The SMILES string of the molecule is O=[N+]([O-])c1ccc(-n2nnc(-n3cnc4ccccc43)n2)cc1. The van der Waals surface area contributed by atoms with Crippen LogP contribution in [0.3, 0.4) is 0 Å². The van der Waals surface area contributed by atoms with Crippen molar-refractivity contribution in [3.63, 3.8) is 0 Å². The predicted octanol–water partition coefficient (Wildman–Crippen LogP) is 1.91. The summed E-state index contributed by atoms with van der Waals surface area (Å²) in [6.07, 6.45) is 1.63. The van der Waals surface area contributed by atoms with Crippen LogP contribution in [-0.4, -0.2) is 34.7 Å². The number of imidazole rings is 1. The Hall–Kier alpha value is -3.62. The van der Waals surface area contributed by atoms with Crippen molar-refractivity contribution in [3.05, 3.63) is 65.0 Å². The van der Waals surface area contributed by atoms with E-state index in [0.29, 0.717) is 11.6 Å². The van der Waals surface area contributed by atoms with Crippen molar-refractivity contribution in [2.45, 2.75) is 0 Å². The summed E-state index contributed by atoms with van der Waals surface area (Å²) in [5, 5.41) is 23.0. The Balaban J connectivity index is 1.73. The maximum absolute atomic E-state index is 10.7. The first-order valence-corrected chi connectivity index (χ1v) is 6.70. The molecule has 9 nitrogen and oxygen atoms in total. The second-order valence-electron chi connectivity index (χ2n) is 4.76. The lowest BCUT2D eigenvalue weighted by Crippen LogP contribution is -2.00. The molecule has 0 bridgehead atoms. The highest BCUT2D eigenvalue weighted by atomic mass is 16.6. The number of non-ortho nitro benzene ring substituents is 1. The molecule has 2 aromatic carbocycles. The number of nitro groups is 1. The molecule has 0 spiro atoms. The van der Waals surface area contributed by atoms with Gasteiger partial charge in [0.2, 0.25) is 0 Å². The third-order valence-corrected chi connectivity index (χ3v) is 3.36. The monoisotopic (exact) mass is 307 g/mol. The first kappa shape index (κ1) is 13.1. The summed E-state index contributed by atoms with van der Waals surface area (Å²) in [6.45, 7) is 0. The van der Waals surface area contributed by atoms with Gasteiger partial charge in [-0.15, -0.1) is 9.90 Å². The smallest absolute Gasteiger partial charge is 0.264 e. The van der Waals surface area contributed by atoms with E-state index in [4.69, 9.17) is 0 Å². The molecule has 0 aliphatic rings. The largest absolute Gasteiger partial charge is 0.276 e. The van der Waals surface area contributed by atoms with Gasteiger partial charge in [0.25, 0.3) is 11.6 Å². The van der Waals surface area contributed by atoms with Gasteiger partial charge in [-0.2, -0.15) is 0 Å². The summed E-state index contributed by atoms with van der Waals surface area (Å²) in [5.74, 6) is 0.372. The molecule has 0 amide bonds. The van der Waals surface area contributed by atoms with E-state index in [0.717, 1.165) is 11.0 Å². The molecule has 0 N–H and O–H groups in total. The molecular formula is C14H9N7O2. The zero-order chi connectivity index (χ0) is 15.8. The van der Waals surface area contributed by atoms with E-state index in [2.05, 4.69) is 20.4 Å². The van der Waals surface area contributed by atoms with E-state index in [1.54, 1.807) is 23.0 Å². The summed E-state index contributed by atoms with van der Waals surface area (Å²) >= 11 is 0. The van der Waals surface area contributed by atoms with Crippen LogP contribution in [-0.2, 0) is 0 Å². The van der Waals surface area contributed by atoms with Crippen LogP contribution in [0, 0.1) is 10.1 Å². The fraction of sp³-hybridized carbons (Fsp3) is 0. The van der Waals surface area contributed by atoms with Crippen LogP contribution in [0.15, 0.2) is 54.9 Å². The lowest BCUT2D eigenvalue weighted by atomic mass is 10.3. The molecule has 23 heavy (non-hydrogen) atoms. The minimum Gasteiger partial charge on any atom is -0.264 e. The van der Waals surface area contributed by atoms with Crippen LogP contribution < -0.4 is 0 Å². The van der Waals surface area contributed by atoms with Gasteiger partial charge >= 0.3 is 0 Å². The highest BCUT2D eigenvalue weighted by Gasteiger charge is 2.11. The Morgan fingerprint density at radius 3 is 2.61 bits per heavy atom. The van der Waals surface area contributed by atoms with Crippen molar-refractivity contribution >= 4 is 16.7 Å². The Labute approximate surface area is 129 Å². The third-order valence-electron chi connectivity index (χ3n) is 3.36. The average Bonchev–Trinajstić information content (AvgIpc) is 3.21. The van der Waals surface area contributed by atoms with Crippen molar-refractivity contribution in [3.8, 4) is 11.6 Å². The molecule has 0 fully saturated rings. The lowest BCUT2D eigenvalue weighted by molar-refractivity contribution is -0.384. The van der Waals surface area contributed by atoms with E-state index in [1.807, 2.05) is 24.3 Å². The topological polar surface area (TPSA) is 105 Å². The quantitative estimate of drug-likeness (QED) is 0.423. The second kappa shape index (κ2) is 4.98. The number of nitrogens with zero attached hydrogens (tertiary/aromatic N) is 7. The summed E-state index contributed by atoms with van der Waals surface area (Å²) < 4.78 is 1.73. The molecule has 0 saturated carbocycles. The summed E-state index contributed by atoms with van der Waals surface area (Å²) in [7, 11) is 0. The fourth-order valence-electron chi connectivity index (χ4n) is 2.24. The number of hydrogen-bond acceptors (Lipinski definition) is 6. The van der Waals surface area contributed by atoms with Crippen LogP contribution in [0.4, 0.5) is 5.69 Å². The van der Waals surface area contributed by atoms with E-state index in [-0.39, 0.29) is 5.69 Å². The molecule has 0 unspecified atom stereocenters. The fourth-order valence-corrected chi connectivity index (χ4v) is 2.24. The molecule has 112 valence electrons. The standard InChI is InChI=1S/C14H9N7O2/c22-21(23)11-7-5-10(6-8-11)20-17-14(16-18-20)19-9-15-12-3-1-2-4-13(12)19/h1-9H. The Kier molecular flexibility index (Phi) is 2.83. The van der Waals surface area contributed by atoms with Crippen LogP contribution in [0.25, 0.3) is 22.7 Å². The molecule has 4 aromatic rings. The minimum atomic E-state index is -0.457. The van der Waals surface area contributed by atoms with Gasteiger partial charge in [-0.05, 0) is 29.5 Å². The number of aromatic nitrogens is 6. The van der Waals surface area contributed by atoms with Crippen LogP contribution in [0.1, 0.15) is 0 Å². The maximum Gasteiger partial charge on any atom is 0.276 e. The molecule has 9 heteroatoms. The minimum absolute atomic E-state index is 0.00897. The highest BCUT2D eigenvalue weighted by molar-refractivity contribution is 5.76. The second-order valence-corrected chi connectivity index (χ2v) is 4.76. The predicted molar refractivity (Wildman–Crippen MR) is 80.4 cm³/mol. The normalized spacial score (nSPS) is 11.0. The van der Waals surface area contributed by atoms with E-state index in [1.165, 1.54) is 16.9 Å². The van der Waals surface area contributed by atoms with Crippen LogP contribution in [0.2, 0.25) is 0 Å². The molecule has 0 saturated heterocycles. The van der Waals surface area contributed by atoms with Crippen LogP contribution in [0.5, 0.6) is 0 Å². The molecule has 0 aliphatic heterocycles. The zero-order valence-electron chi connectivity index (χ0n) is 11.6. The highest BCUT2D eigenvalue weighted by Crippen LogP contribution is 2.16.